The standard InChI is InChI=1S/C16H11ClF2N2/c17-8-11-6-14(18)16(15(19)7-11)21-10-13(9-20-21)12-4-2-1-3-5-12/h1-7,9-10H,8H2. The summed E-state index contributed by atoms with van der Waals surface area (Å²) in [6.07, 6.45) is 3.17. The molecule has 3 rings (SSSR count). The molecular weight excluding hydrogens is 294 g/mol. The van der Waals surface area contributed by atoms with E-state index in [1.54, 1.807) is 12.4 Å². The van der Waals surface area contributed by atoms with E-state index in [9.17, 15) is 8.78 Å². The number of benzene rings is 2. The van der Waals surface area contributed by atoms with Crippen molar-refractivity contribution < 1.29 is 8.78 Å². The lowest BCUT2D eigenvalue weighted by Crippen LogP contribution is -2.03. The molecule has 0 atom stereocenters. The molecule has 0 aliphatic heterocycles. The summed E-state index contributed by atoms with van der Waals surface area (Å²) in [7, 11) is 0. The van der Waals surface area contributed by atoms with Gasteiger partial charge in [0.15, 0.2) is 11.6 Å². The zero-order valence-electron chi connectivity index (χ0n) is 10.9. The zero-order chi connectivity index (χ0) is 14.8. The van der Waals surface area contributed by atoms with Crippen LogP contribution in [0.3, 0.4) is 0 Å². The fraction of sp³-hybridized carbons (Fsp3) is 0.0625. The van der Waals surface area contributed by atoms with E-state index >= 15 is 0 Å². The van der Waals surface area contributed by atoms with Crippen LogP contribution >= 0.6 is 11.6 Å². The normalized spacial score (nSPS) is 10.8. The van der Waals surface area contributed by atoms with E-state index in [1.807, 2.05) is 30.3 Å². The van der Waals surface area contributed by atoms with Crippen molar-refractivity contribution in [2.45, 2.75) is 5.88 Å². The highest BCUT2D eigenvalue weighted by Crippen LogP contribution is 2.24. The van der Waals surface area contributed by atoms with Crippen molar-refractivity contribution in [3.63, 3.8) is 0 Å². The van der Waals surface area contributed by atoms with Crippen molar-refractivity contribution in [3.8, 4) is 16.8 Å². The third-order valence-electron chi connectivity index (χ3n) is 3.15. The molecule has 0 saturated carbocycles. The van der Waals surface area contributed by atoms with Gasteiger partial charge in [-0.05, 0) is 23.3 Å². The molecule has 0 amide bonds. The van der Waals surface area contributed by atoms with Crippen molar-refractivity contribution in [1.82, 2.24) is 9.78 Å². The first-order valence-corrected chi connectivity index (χ1v) is 6.87. The third kappa shape index (κ3) is 2.67. The fourth-order valence-corrected chi connectivity index (χ4v) is 2.29. The second kappa shape index (κ2) is 5.66. The van der Waals surface area contributed by atoms with Crippen molar-refractivity contribution in [2.24, 2.45) is 0 Å². The quantitative estimate of drug-likeness (QED) is 0.649. The van der Waals surface area contributed by atoms with Gasteiger partial charge in [0.25, 0.3) is 0 Å². The lowest BCUT2D eigenvalue weighted by molar-refractivity contribution is 0.558. The summed E-state index contributed by atoms with van der Waals surface area (Å²) in [5, 5.41) is 4.04. The van der Waals surface area contributed by atoms with Gasteiger partial charge in [0.2, 0.25) is 0 Å². The predicted octanol–water partition coefficient (Wildman–Crippen LogP) is 4.56. The summed E-state index contributed by atoms with van der Waals surface area (Å²) in [5.41, 5.74) is 1.91. The van der Waals surface area contributed by atoms with Gasteiger partial charge >= 0.3 is 0 Å². The molecule has 5 heteroatoms. The lowest BCUT2D eigenvalue weighted by Gasteiger charge is -2.06. The highest BCUT2D eigenvalue weighted by atomic mass is 35.5. The van der Waals surface area contributed by atoms with Crippen LogP contribution in [0.25, 0.3) is 16.8 Å². The van der Waals surface area contributed by atoms with Crippen LogP contribution in [0.2, 0.25) is 0 Å². The number of rotatable bonds is 3. The second-order valence-electron chi connectivity index (χ2n) is 4.58. The maximum atomic E-state index is 14.0. The maximum absolute atomic E-state index is 14.0. The first kappa shape index (κ1) is 13.8. The van der Waals surface area contributed by atoms with Gasteiger partial charge in [0.1, 0.15) is 5.69 Å². The summed E-state index contributed by atoms with van der Waals surface area (Å²) in [4.78, 5) is 0. The van der Waals surface area contributed by atoms with E-state index in [4.69, 9.17) is 11.6 Å². The smallest absolute Gasteiger partial charge is 0.152 e. The Morgan fingerprint density at radius 2 is 1.67 bits per heavy atom. The molecule has 1 aromatic heterocycles. The number of hydrogen-bond donors (Lipinski definition) is 0. The van der Waals surface area contributed by atoms with E-state index in [0.717, 1.165) is 11.1 Å². The Kier molecular flexibility index (Phi) is 3.71. The average Bonchev–Trinajstić information content (AvgIpc) is 2.97. The van der Waals surface area contributed by atoms with Gasteiger partial charge in [-0.2, -0.15) is 5.10 Å². The molecule has 0 fully saturated rings. The molecule has 0 aliphatic carbocycles. The van der Waals surface area contributed by atoms with Crippen LogP contribution in [-0.2, 0) is 5.88 Å². The minimum Gasteiger partial charge on any atom is -0.234 e. The molecule has 0 aliphatic rings. The van der Waals surface area contributed by atoms with Crippen LogP contribution in [0.1, 0.15) is 5.56 Å². The predicted molar refractivity (Wildman–Crippen MR) is 78.5 cm³/mol. The summed E-state index contributed by atoms with van der Waals surface area (Å²) in [6, 6.07) is 11.9. The van der Waals surface area contributed by atoms with Gasteiger partial charge in [-0.15, -0.1) is 11.6 Å². The highest BCUT2D eigenvalue weighted by molar-refractivity contribution is 6.17. The molecule has 0 N–H and O–H groups in total. The van der Waals surface area contributed by atoms with Crippen molar-refractivity contribution >= 4 is 11.6 Å². The Morgan fingerprint density at radius 3 is 2.29 bits per heavy atom. The molecule has 3 aromatic rings. The van der Waals surface area contributed by atoms with Crippen molar-refractivity contribution in [3.05, 3.63) is 72.1 Å². The van der Waals surface area contributed by atoms with Gasteiger partial charge in [-0.25, -0.2) is 13.5 Å². The molecular formula is C16H11ClF2N2. The monoisotopic (exact) mass is 304 g/mol. The zero-order valence-corrected chi connectivity index (χ0v) is 11.7. The molecule has 106 valence electrons. The Morgan fingerprint density at radius 1 is 1.00 bits per heavy atom. The fourth-order valence-electron chi connectivity index (χ4n) is 2.14. The Balaban J connectivity index is 2.05. The maximum Gasteiger partial charge on any atom is 0.152 e. The van der Waals surface area contributed by atoms with Crippen LogP contribution < -0.4 is 0 Å². The van der Waals surface area contributed by atoms with Crippen LogP contribution in [0, 0.1) is 11.6 Å². The van der Waals surface area contributed by atoms with Crippen LogP contribution in [0.4, 0.5) is 8.78 Å². The third-order valence-corrected chi connectivity index (χ3v) is 3.46. The van der Waals surface area contributed by atoms with Crippen LogP contribution in [-0.4, -0.2) is 9.78 Å². The van der Waals surface area contributed by atoms with Crippen LogP contribution in [0.5, 0.6) is 0 Å². The van der Waals surface area contributed by atoms with E-state index in [2.05, 4.69) is 5.10 Å². The minimum absolute atomic E-state index is 0.0580. The number of aromatic nitrogens is 2. The number of hydrogen-bond acceptors (Lipinski definition) is 1. The molecule has 0 spiro atoms. The Labute approximate surface area is 125 Å². The molecule has 0 saturated heterocycles. The molecule has 2 nitrogen and oxygen atoms in total. The van der Waals surface area contributed by atoms with Gasteiger partial charge in [0, 0.05) is 17.6 Å². The van der Waals surface area contributed by atoms with Gasteiger partial charge in [-0.1, -0.05) is 30.3 Å². The van der Waals surface area contributed by atoms with E-state index in [-0.39, 0.29) is 11.6 Å². The minimum atomic E-state index is -0.687. The molecule has 1 heterocycles. The Hall–Kier alpha value is -2.20. The number of alkyl halides is 1. The largest absolute Gasteiger partial charge is 0.234 e. The second-order valence-corrected chi connectivity index (χ2v) is 4.85. The van der Waals surface area contributed by atoms with Crippen molar-refractivity contribution in [1.29, 1.82) is 0 Å². The first-order chi connectivity index (χ1) is 10.2. The first-order valence-electron chi connectivity index (χ1n) is 6.33. The molecule has 0 bridgehead atoms. The van der Waals surface area contributed by atoms with Crippen molar-refractivity contribution in [2.75, 3.05) is 0 Å². The SMILES string of the molecule is Fc1cc(CCl)cc(F)c1-n1cc(-c2ccccc2)cn1. The average molecular weight is 305 g/mol. The highest BCUT2D eigenvalue weighted by Gasteiger charge is 2.14. The molecule has 0 radical (unpaired) electrons. The van der Waals surface area contributed by atoms with Crippen LogP contribution in [0.15, 0.2) is 54.9 Å². The number of halogens is 3. The summed E-state index contributed by atoms with van der Waals surface area (Å²) in [6.45, 7) is 0. The number of nitrogens with zero attached hydrogens (tertiary/aromatic N) is 2. The topological polar surface area (TPSA) is 17.8 Å². The van der Waals surface area contributed by atoms with E-state index in [0.29, 0.717) is 5.56 Å². The summed E-state index contributed by atoms with van der Waals surface area (Å²) >= 11 is 5.60. The summed E-state index contributed by atoms with van der Waals surface area (Å²) in [5.74, 6) is -1.32. The van der Waals surface area contributed by atoms with Gasteiger partial charge in [0.05, 0.1) is 6.20 Å². The summed E-state index contributed by atoms with van der Waals surface area (Å²) < 4.78 is 29.3. The molecule has 21 heavy (non-hydrogen) atoms. The van der Waals surface area contributed by atoms with Gasteiger partial charge < -0.3 is 0 Å². The lowest BCUT2D eigenvalue weighted by atomic mass is 10.1. The molecule has 0 unspecified atom stereocenters. The van der Waals surface area contributed by atoms with E-state index < -0.39 is 11.6 Å². The van der Waals surface area contributed by atoms with E-state index in [1.165, 1.54) is 16.8 Å². The Bertz CT molecular complexity index is 746. The van der Waals surface area contributed by atoms with Gasteiger partial charge in [-0.3, -0.25) is 0 Å². The molecule has 2 aromatic carbocycles.